The van der Waals surface area contributed by atoms with Gasteiger partial charge in [0.15, 0.2) is 0 Å². The van der Waals surface area contributed by atoms with Gasteiger partial charge >= 0.3 is 0 Å². The van der Waals surface area contributed by atoms with E-state index in [9.17, 15) is 4.79 Å². The maximum atomic E-state index is 11.8. The Balaban J connectivity index is 2.58. The second kappa shape index (κ2) is 6.86. The van der Waals surface area contributed by atoms with Crippen LogP contribution >= 0.6 is 0 Å². The molecule has 0 saturated carbocycles. The molecule has 0 aliphatic heterocycles. The topological polar surface area (TPSA) is 76.4 Å². The van der Waals surface area contributed by atoms with E-state index >= 15 is 0 Å². The fourth-order valence-corrected chi connectivity index (χ4v) is 1.60. The van der Waals surface area contributed by atoms with Crippen LogP contribution in [-0.2, 0) is 9.53 Å². The Hall–Kier alpha value is -1.75. The van der Waals surface area contributed by atoms with Crippen LogP contribution in [0.3, 0.4) is 0 Å². The SMILES string of the molecule is COCCNC(=O)C(C)Nc1c(C)cccc1N. The van der Waals surface area contributed by atoms with E-state index in [1.54, 1.807) is 14.0 Å². The van der Waals surface area contributed by atoms with E-state index in [4.69, 9.17) is 10.5 Å². The first-order valence-corrected chi connectivity index (χ1v) is 5.94. The van der Waals surface area contributed by atoms with Crippen LogP contribution in [-0.4, -0.2) is 32.2 Å². The number of ether oxygens (including phenoxy) is 1. The lowest BCUT2D eigenvalue weighted by Gasteiger charge is -2.18. The quantitative estimate of drug-likeness (QED) is 0.523. The van der Waals surface area contributed by atoms with E-state index < -0.39 is 0 Å². The molecule has 0 spiro atoms. The molecule has 1 aromatic rings. The van der Waals surface area contributed by atoms with E-state index in [1.807, 2.05) is 25.1 Å². The van der Waals surface area contributed by atoms with Gasteiger partial charge in [0.25, 0.3) is 0 Å². The lowest BCUT2D eigenvalue weighted by molar-refractivity contribution is -0.121. The van der Waals surface area contributed by atoms with Crippen molar-refractivity contribution in [3.05, 3.63) is 23.8 Å². The van der Waals surface area contributed by atoms with Crippen molar-refractivity contribution in [3.63, 3.8) is 0 Å². The molecule has 5 nitrogen and oxygen atoms in total. The third-order valence-electron chi connectivity index (χ3n) is 2.66. The molecule has 1 amide bonds. The van der Waals surface area contributed by atoms with Crippen LogP contribution in [0.15, 0.2) is 18.2 Å². The Morgan fingerprint density at radius 1 is 1.50 bits per heavy atom. The molecule has 0 bridgehead atoms. The molecule has 1 rings (SSSR count). The third-order valence-corrected chi connectivity index (χ3v) is 2.66. The smallest absolute Gasteiger partial charge is 0.242 e. The van der Waals surface area contributed by atoms with Crippen LogP contribution in [0.1, 0.15) is 12.5 Å². The normalized spacial score (nSPS) is 11.9. The number of methoxy groups -OCH3 is 1. The standard InChI is InChI=1S/C13H21N3O2/c1-9-5-4-6-11(14)12(9)16-10(2)13(17)15-7-8-18-3/h4-6,10,16H,7-8,14H2,1-3H3,(H,15,17). The van der Waals surface area contributed by atoms with E-state index in [1.165, 1.54) is 0 Å². The number of nitrogens with two attached hydrogens (primary N) is 1. The number of amides is 1. The van der Waals surface area contributed by atoms with Crippen molar-refractivity contribution in [1.82, 2.24) is 5.32 Å². The zero-order valence-corrected chi connectivity index (χ0v) is 11.1. The molecular weight excluding hydrogens is 230 g/mol. The number of para-hydroxylation sites is 1. The minimum Gasteiger partial charge on any atom is -0.397 e. The summed E-state index contributed by atoms with van der Waals surface area (Å²) in [5.41, 5.74) is 8.35. The molecule has 0 saturated heterocycles. The van der Waals surface area contributed by atoms with Crippen molar-refractivity contribution in [3.8, 4) is 0 Å². The number of benzene rings is 1. The summed E-state index contributed by atoms with van der Waals surface area (Å²) in [5, 5.41) is 5.90. The predicted molar refractivity (Wildman–Crippen MR) is 73.6 cm³/mol. The summed E-state index contributed by atoms with van der Waals surface area (Å²) in [6.45, 7) is 4.76. The molecule has 100 valence electrons. The molecule has 5 heteroatoms. The van der Waals surface area contributed by atoms with Gasteiger partial charge in [-0.25, -0.2) is 0 Å². The third kappa shape index (κ3) is 3.92. The number of aryl methyl sites for hydroxylation is 1. The van der Waals surface area contributed by atoms with Gasteiger partial charge in [-0.3, -0.25) is 4.79 Å². The van der Waals surface area contributed by atoms with Gasteiger partial charge in [-0.1, -0.05) is 12.1 Å². The van der Waals surface area contributed by atoms with Crippen LogP contribution in [0, 0.1) is 6.92 Å². The molecule has 0 heterocycles. The van der Waals surface area contributed by atoms with E-state index in [0.29, 0.717) is 18.8 Å². The zero-order valence-electron chi connectivity index (χ0n) is 11.1. The number of nitrogens with one attached hydrogen (secondary N) is 2. The molecule has 0 radical (unpaired) electrons. The van der Waals surface area contributed by atoms with E-state index in [2.05, 4.69) is 10.6 Å². The van der Waals surface area contributed by atoms with Gasteiger partial charge in [-0.15, -0.1) is 0 Å². The van der Waals surface area contributed by atoms with Crippen LogP contribution in [0.2, 0.25) is 0 Å². The molecule has 0 fully saturated rings. The molecule has 0 aliphatic carbocycles. The lowest BCUT2D eigenvalue weighted by atomic mass is 10.1. The molecular formula is C13H21N3O2. The largest absolute Gasteiger partial charge is 0.397 e. The molecule has 1 atom stereocenters. The van der Waals surface area contributed by atoms with Gasteiger partial charge in [0, 0.05) is 13.7 Å². The van der Waals surface area contributed by atoms with Crippen molar-refractivity contribution in [2.75, 3.05) is 31.3 Å². The number of anilines is 2. The summed E-state index contributed by atoms with van der Waals surface area (Å²) >= 11 is 0. The minimum absolute atomic E-state index is 0.0743. The minimum atomic E-state index is -0.342. The van der Waals surface area contributed by atoms with Gasteiger partial charge < -0.3 is 21.1 Å². The molecule has 1 unspecified atom stereocenters. The second-order valence-electron chi connectivity index (χ2n) is 4.19. The molecule has 1 aromatic carbocycles. The number of nitrogen functional groups attached to an aromatic ring is 1. The van der Waals surface area contributed by atoms with Crippen molar-refractivity contribution in [2.24, 2.45) is 0 Å². The van der Waals surface area contributed by atoms with Crippen molar-refractivity contribution in [2.45, 2.75) is 19.9 Å². The number of carbonyl (C=O) groups excluding carboxylic acids is 1. The Morgan fingerprint density at radius 3 is 2.83 bits per heavy atom. The number of rotatable bonds is 6. The van der Waals surface area contributed by atoms with E-state index in [-0.39, 0.29) is 11.9 Å². The average molecular weight is 251 g/mol. The molecule has 0 aromatic heterocycles. The maximum absolute atomic E-state index is 11.8. The van der Waals surface area contributed by atoms with Crippen molar-refractivity contribution in [1.29, 1.82) is 0 Å². The van der Waals surface area contributed by atoms with Crippen LogP contribution in [0.25, 0.3) is 0 Å². The fourth-order valence-electron chi connectivity index (χ4n) is 1.60. The van der Waals surface area contributed by atoms with Crippen LogP contribution < -0.4 is 16.4 Å². The maximum Gasteiger partial charge on any atom is 0.242 e. The van der Waals surface area contributed by atoms with Crippen LogP contribution in [0.5, 0.6) is 0 Å². The van der Waals surface area contributed by atoms with Gasteiger partial charge in [0.1, 0.15) is 6.04 Å². The van der Waals surface area contributed by atoms with Crippen molar-refractivity contribution >= 4 is 17.3 Å². The Morgan fingerprint density at radius 2 is 2.22 bits per heavy atom. The zero-order chi connectivity index (χ0) is 13.5. The summed E-state index contributed by atoms with van der Waals surface area (Å²) in [7, 11) is 1.60. The fraction of sp³-hybridized carbons (Fsp3) is 0.462. The Bertz CT molecular complexity index is 387. The summed E-state index contributed by atoms with van der Waals surface area (Å²) in [5.74, 6) is -0.0743. The number of hydrogen-bond acceptors (Lipinski definition) is 4. The van der Waals surface area contributed by atoms with Gasteiger partial charge in [0.2, 0.25) is 5.91 Å². The summed E-state index contributed by atoms with van der Waals surface area (Å²) in [6, 6.07) is 5.31. The Kier molecular flexibility index (Phi) is 5.45. The second-order valence-corrected chi connectivity index (χ2v) is 4.19. The Labute approximate surface area is 108 Å². The first-order valence-electron chi connectivity index (χ1n) is 5.94. The molecule has 4 N–H and O–H groups in total. The lowest BCUT2D eigenvalue weighted by Crippen LogP contribution is -2.39. The van der Waals surface area contributed by atoms with Crippen LogP contribution in [0.4, 0.5) is 11.4 Å². The highest BCUT2D eigenvalue weighted by molar-refractivity contribution is 5.86. The summed E-state index contributed by atoms with van der Waals surface area (Å²) in [6.07, 6.45) is 0. The van der Waals surface area contributed by atoms with Gasteiger partial charge in [0.05, 0.1) is 18.0 Å². The summed E-state index contributed by atoms with van der Waals surface area (Å²) in [4.78, 5) is 11.8. The highest BCUT2D eigenvalue weighted by atomic mass is 16.5. The predicted octanol–water partition coefficient (Wildman–Crippen LogP) is 1.14. The van der Waals surface area contributed by atoms with E-state index in [0.717, 1.165) is 11.3 Å². The average Bonchev–Trinajstić information content (AvgIpc) is 2.34. The number of carbonyl (C=O) groups is 1. The molecule has 18 heavy (non-hydrogen) atoms. The first-order chi connectivity index (χ1) is 8.56. The first kappa shape index (κ1) is 14.3. The highest BCUT2D eigenvalue weighted by Gasteiger charge is 2.14. The highest BCUT2D eigenvalue weighted by Crippen LogP contribution is 2.23. The molecule has 0 aliphatic rings. The van der Waals surface area contributed by atoms with Crippen molar-refractivity contribution < 1.29 is 9.53 Å². The van der Waals surface area contributed by atoms with Gasteiger partial charge in [-0.2, -0.15) is 0 Å². The monoisotopic (exact) mass is 251 g/mol. The van der Waals surface area contributed by atoms with Gasteiger partial charge in [-0.05, 0) is 25.5 Å². The number of hydrogen-bond donors (Lipinski definition) is 3. The summed E-state index contributed by atoms with van der Waals surface area (Å²) < 4.78 is 4.87.